The molecule has 0 fully saturated rings. The molecule has 0 aliphatic rings. The third-order valence-corrected chi connectivity index (χ3v) is 7.28. The van der Waals surface area contributed by atoms with Crippen LogP contribution in [0.4, 0.5) is 0 Å². The summed E-state index contributed by atoms with van der Waals surface area (Å²) in [4.78, 5) is 39.6. The van der Waals surface area contributed by atoms with E-state index in [1.165, 1.54) is 0 Å². The summed E-state index contributed by atoms with van der Waals surface area (Å²) in [6.45, 7) is 1.66. The van der Waals surface area contributed by atoms with Gasteiger partial charge < -0.3 is 26.4 Å². The number of para-hydroxylation sites is 1. The number of carboxylic acids is 2. The molecule has 0 saturated heterocycles. The van der Waals surface area contributed by atoms with Crippen LogP contribution < -0.4 is 16.4 Å². The third-order valence-electron chi connectivity index (χ3n) is 6.19. The lowest BCUT2D eigenvalue weighted by molar-refractivity contribution is -0.139. The standard InChI is InChI=1S/C27H34N4O6S/c1-16(28)19(11-14-24(33)34)30-26(37)21(12-15-25(35)36)29-23(32)13-8-17-6-9-18(10-7-17)27-31-20-4-2-3-5-22(20)38-27/h2-7,9-10,16,19,21,23,29,32H,8,11-15,28H2,1H3,(H,30,37)(H,33,34)(H,35,36). The number of aryl methyl sites for hydroxylation is 1. The highest BCUT2D eigenvalue weighted by molar-refractivity contribution is 7.21. The van der Waals surface area contributed by atoms with Gasteiger partial charge >= 0.3 is 11.9 Å². The van der Waals surface area contributed by atoms with Gasteiger partial charge in [-0.2, -0.15) is 0 Å². The number of hydrogen-bond donors (Lipinski definition) is 6. The molecule has 10 nitrogen and oxygen atoms in total. The number of benzene rings is 2. The van der Waals surface area contributed by atoms with Crippen LogP contribution in [-0.4, -0.2) is 62.5 Å². The van der Waals surface area contributed by atoms with Crippen LogP contribution in [0.15, 0.2) is 48.5 Å². The van der Waals surface area contributed by atoms with E-state index in [2.05, 4.69) is 15.6 Å². The van der Waals surface area contributed by atoms with Crippen LogP contribution in [0.1, 0.15) is 44.6 Å². The SMILES string of the molecule is CC(N)C(CCC(=O)O)NC(=O)C(CCC(=O)O)NC(O)CCc1ccc(-c2nc3ccccc3s2)cc1. The van der Waals surface area contributed by atoms with E-state index in [-0.39, 0.29) is 25.7 Å². The van der Waals surface area contributed by atoms with Crippen LogP contribution >= 0.6 is 11.3 Å². The number of aliphatic hydroxyl groups is 1. The molecule has 3 aromatic rings. The lowest BCUT2D eigenvalue weighted by Crippen LogP contribution is -2.54. The van der Waals surface area contributed by atoms with Crippen molar-refractivity contribution < 1.29 is 29.7 Å². The average Bonchev–Trinajstić information content (AvgIpc) is 3.32. The van der Waals surface area contributed by atoms with Crippen molar-refractivity contribution in [3.05, 3.63) is 54.1 Å². The molecule has 3 rings (SSSR count). The topological polar surface area (TPSA) is 175 Å². The zero-order chi connectivity index (χ0) is 27.7. The van der Waals surface area contributed by atoms with Crippen LogP contribution in [0.3, 0.4) is 0 Å². The van der Waals surface area contributed by atoms with Crippen molar-refractivity contribution in [2.45, 2.75) is 69.8 Å². The second kappa shape index (κ2) is 14.0. The molecular formula is C27H34N4O6S. The Labute approximate surface area is 224 Å². The maximum absolute atomic E-state index is 12.9. The van der Waals surface area contributed by atoms with Crippen molar-refractivity contribution in [1.82, 2.24) is 15.6 Å². The molecule has 0 aliphatic carbocycles. The lowest BCUT2D eigenvalue weighted by atomic mass is 10.0. The average molecular weight is 543 g/mol. The van der Waals surface area contributed by atoms with E-state index in [1.807, 2.05) is 48.5 Å². The molecule has 1 amide bonds. The van der Waals surface area contributed by atoms with Gasteiger partial charge in [-0.25, -0.2) is 4.98 Å². The highest BCUT2D eigenvalue weighted by atomic mass is 32.1. The molecule has 7 N–H and O–H groups in total. The minimum Gasteiger partial charge on any atom is -0.481 e. The third kappa shape index (κ3) is 8.88. The summed E-state index contributed by atoms with van der Waals surface area (Å²) in [6.07, 6.45) is -0.574. The summed E-state index contributed by atoms with van der Waals surface area (Å²) in [6, 6.07) is 13.8. The number of carbonyl (C=O) groups excluding carboxylic acids is 1. The van der Waals surface area contributed by atoms with E-state index in [1.54, 1.807) is 18.3 Å². The number of fused-ring (bicyclic) bond motifs is 1. The van der Waals surface area contributed by atoms with E-state index in [0.717, 1.165) is 26.4 Å². The fourth-order valence-corrected chi connectivity index (χ4v) is 4.99. The molecule has 0 radical (unpaired) electrons. The van der Waals surface area contributed by atoms with Gasteiger partial charge in [-0.15, -0.1) is 11.3 Å². The van der Waals surface area contributed by atoms with Crippen molar-refractivity contribution in [3.63, 3.8) is 0 Å². The van der Waals surface area contributed by atoms with Gasteiger partial charge in [0.1, 0.15) is 11.2 Å². The number of thiazole rings is 1. The van der Waals surface area contributed by atoms with E-state index in [0.29, 0.717) is 12.8 Å². The summed E-state index contributed by atoms with van der Waals surface area (Å²) < 4.78 is 1.12. The minimum absolute atomic E-state index is 0.0420. The molecule has 204 valence electrons. The Balaban J connectivity index is 1.57. The Bertz CT molecular complexity index is 1200. The molecule has 1 heterocycles. The molecule has 0 saturated carbocycles. The van der Waals surface area contributed by atoms with Crippen molar-refractivity contribution >= 4 is 39.4 Å². The number of carboxylic acid groups (broad SMARTS) is 2. The first-order valence-corrected chi connectivity index (χ1v) is 13.3. The number of rotatable bonds is 15. The van der Waals surface area contributed by atoms with Gasteiger partial charge in [-0.1, -0.05) is 36.4 Å². The first-order chi connectivity index (χ1) is 18.1. The Morgan fingerprint density at radius 2 is 1.63 bits per heavy atom. The molecule has 1 aromatic heterocycles. The first-order valence-electron chi connectivity index (χ1n) is 12.5. The van der Waals surface area contributed by atoms with Crippen molar-refractivity contribution in [1.29, 1.82) is 0 Å². The normalized spacial score (nSPS) is 14.5. The quantitative estimate of drug-likeness (QED) is 0.158. The molecule has 4 atom stereocenters. The lowest BCUT2D eigenvalue weighted by Gasteiger charge is -2.27. The predicted molar refractivity (Wildman–Crippen MR) is 146 cm³/mol. The molecule has 11 heteroatoms. The van der Waals surface area contributed by atoms with Gasteiger partial charge in [0, 0.05) is 30.5 Å². The maximum Gasteiger partial charge on any atom is 0.303 e. The van der Waals surface area contributed by atoms with Gasteiger partial charge in [0.15, 0.2) is 0 Å². The molecule has 0 spiro atoms. The monoisotopic (exact) mass is 542 g/mol. The highest BCUT2D eigenvalue weighted by Gasteiger charge is 2.26. The molecule has 2 aromatic carbocycles. The Kier molecular flexibility index (Phi) is 10.7. The smallest absolute Gasteiger partial charge is 0.303 e. The number of aliphatic hydroxyl groups excluding tert-OH is 1. The van der Waals surface area contributed by atoms with Crippen molar-refractivity contribution in [3.8, 4) is 10.6 Å². The van der Waals surface area contributed by atoms with Crippen LogP contribution in [0.5, 0.6) is 0 Å². The number of aromatic nitrogens is 1. The predicted octanol–water partition coefficient (Wildman–Crippen LogP) is 2.73. The van der Waals surface area contributed by atoms with Crippen LogP contribution in [0.2, 0.25) is 0 Å². The Morgan fingerprint density at radius 1 is 0.974 bits per heavy atom. The zero-order valence-electron chi connectivity index (χ0n) is 21.2. The number of carbonyl (C=O) groups is 3. The second-order valence-corrected chi connectivity index (χ2v) is 10.3. The van der Waals surface area contributed by atoms with Crippen LogP contribution in [-0.2, 0) is 20.8 Å². The van der Waals surface area contributed by atoms with Crippen LogP contribution in [0, 0.1) is 0 Å². The molecule has 38 heavy (non-hydrogen) atoms. The number of nitrogens with one attached hydrogen (secondary N) is 2. The number of hydrogen-bond acceptors (Lipinski definition) is 8. The van der Waals surface area contributed by atoms with Crippen LogP contribution in [0.25, 0.3) is 20.8 Å². The number of nitrogens with zero attached hydrogens (tertiary/aromatic N) is 1. The maximum atomic E-state index is 12.9. The van der Waals surface area contributed by atoms with Crippen molar-refractivity contribution in [2.24, 2.45) is 5.73 Å². The fourth-order valence-electron chi connectivity index (χ4n) is 4.02. The Morgan fingerprint density at radius 3 is 2.26 bits per heavy atom. The molecule has 4 unspecified atom stereocenters. The van der Waals surface area contributed by atoms with Gasteiger partial charge in [0.2, 0.25) is 5.91 Å². The summed E-state index contributed by atoms with van der Waals surface area (Å²) >= 11 is 1.62. The summed E-state index contributed by atoms with van der Waals surface area (Å²) in [7, 11) is 0. The van der Waals surface area contributed by atoms with E-state index in [9.17, 15) is 19.5 Å². The molecule has 0 bridgehead atoms. The van der Waals surface area contributed by atoms with E-state index >= 15 is 0 Å². The minimum atomic E-state index is -1.07. The van der Waals surface area contributed by atoms with Gasteiger partial charge in [0.05, 0.1) is 16.3 Å². The fraction of sp³-hybridized carbons (Fsp3) is 0.407. The van der Waals surface area contributed by atoms with Crippen molar-refractivity contribution in [2.75, 3.05) is 0 Å². The second-order valence-electron chi connectivity index (χ2n) is 9.30. The number of nitrogens with two attached hydrogens (primary N) is 1. The zero-order valence-corrected chi connectivity index (χ0v) is 22.0. The largest absolute Gasteiger partial charge is 0.481 e. The number of aliphatic carboxylic acids is 2. The highest BCUT2D eigenvalue weighted by Crippen LogP contribution is 2.30. The number of amides is 1. The van der Waals surface area contributed by atoms with E-state index < -0.39 is 42.2 Å². The summed E-state index contributed by atoms with van der Waals surface area (Å²) in [5.41, 5.74) is 8.86. The summed E-state index contributed by atoms with van der Waals surface area (Å²) in [5, 5.41) is 35.1. The van der Waals surface area contributed by atoms with Gasteiger partial charge in [-0.3, -0.25) is 19.7 Å². The van der Waals surface area contributed by atoms with E-state index in [4.69, 9.17) is 15.9 Å². The summed E-state index contributed by atoms with van der Waals surface area (Å²) in [5.74, 6) is -2.60. The molecular weight excluding hydrogens is 508 g/mol. The Hall–Kier alpha value is -3.38. The molecule has 0 aliphatic heterocycles. The van der Waals surface area contributed by atoms with Gasteiger partial charge in [-0.05, 0) is 50.3 Å². The van der Waals surface area contributed by atoms with Gasteiger partial charge in [0.25, 0.3) is 0 Å². The first kappa shape index (κ1) is 29.2.